The maximum Gasteiger partial charge on any atom is 0.326 e. The summed E-state index contributed by atoms with van der Waals surface area (Å²) in [6, 6.07) is 21.9. The van der Waals surface area contributed by atoms with Crippen molar-refractivity contribution in [2.45, 2.75) is 32.7 Å². The standard InChI is InChI=1S/C27H26N2O4/c1-27(2,3)18-12-14-19(15-13-18)28-24(30)17-33-25(31)16-29-22-10-6-4-8-20(22)26(32)21-9-5-7-11-23(21)29/h4-15H,16-17H2,1-3H3,(H,28,30). The SMILES string of the molecule is CC(C)(C)c1ccc(NC(=O)COC(=O)Cn2c3ccccc3c(=O)c3ccccc32)cc1. The van der Waals surface area contributed by atoms with Gasteiger partial charge in [0.25, 0.3) is 5.91 Å². The van der Waals surface area contributed by atoms with Crippen molar-refractivity contribution in [2.24, 2.45) is 0 Å². The number of benzene rings is 3. The second kappa shape index (κ2) is 8.90. The number of anilines is 1. The van der Waals surface area contributed by atoms with Crippen LogP contribution in [0.15, 0.2) is 77.6 Å². The summed E-state index contributed by atoms with van der Waals surface area (Å²) in [6.07, 6.45) is 0. The molecule has 0 saturated heterocycles. The van der Waals surface area contributed by atoms with Crippen LogP contribution < -0.4 is 10.7 Å². The number of hydrogen-bond acceptors (Lipinski definition) is 4. The molecule has 0 atom stereocenters. The summed E-state index contributed by atoms with van der Waals surface area (Å²) in [6.45, 7) is 5.85. The Morgan fingerprint density at radius 3 is 1.94 bits per heavy atom. The van der Waals surface area contributed by atoms with E-state index in [1.54, 1.807) is 41.0 Å². The molecule has 1 aromatic heterocycles. The van der Waals surface area contributed by atoms with Gasteiger partial charge < -0.3 is 14.6 Å². The van der Waals surface area contributed by atoms with E-state index < -0.39 is 18.5 Å². The molecule has 3 aromatic carbocycles. The molecule has 6 heteroatoms. The minimum Gasteiger partial charge on any atom is -0.454 e. The summed E-state index contributed by atoms with van der Waals surface area (Å²) >= 11 is 0. The highest BCUT2D eigenvalue weighted by molar-refractivity contribution is 5.95. The maximum atomic E-state index is 12.8. The zero-order valence-corrected chi connectivity index (χ0v) is 18.9. The minimum absolute atomic E-state index is 0.0222. The lowest BCUT2D eigenvalue weighted by Gasteiger charge is -2.19. The minimum atomic E-state index is -0.563. The highest BCUT2D eigenvalue weighted by Crippen LogP contribution is 2.23. The van der Waals surface area contributed by atoms with Crippen LogP contribution in [-0.2, 0) is 26.3 Å². The van der Waals surface area contributed by atoms with Gasteiger partial charge in [0.1, 0.15) is 6.54 Å². The molecule has 0 saturated carbocycles. The third kappa shape index (κ3) is 4.80. The number of rotatable bonds is 5. The van der Waals surface area contributed by atoms with E-state index in [1.807, 2.05) is 36.4 Å². The maximum absolute atomic E-state index is 12.8. The van der Waals surface area contributed by atoms with Crippen molar-refractivity contribution in [3.63, 3.8) is 0 Å². The Morgan fingerprint density at radius 2 is 1.39 bits per heavy atom. The molecule has 1 N–H and O–H groups in total. The number of carbonyl (C=O) groups excluding carboxylic acids is 2. The van der Waals surface area contributed by atoms with Crippen LogP contribution in [0.5, 0.6) is 0 Å². The van der Waals surface area contributed by atoms with E-state index in [1.165, 1.54) is 0 Å². The predicted octanol–water partition coefficient (Wildman–Crippen LogP) is 4.63. The second-order valence-electron chi connectivity index (χ2n) is 8.99. The van der Waals surface area contributed by atoms with Crippen LogP contribution in [0.3, 0.4) is 0 Å². The quantitative estimate of drug-likeness (QED) is 0.361. The molecule has 0 spiro atoms. The van der Waals surface area contributed by atoms with Crippen LogP contribution in [0.2, 0.25) is 0 Å². The molecule has 0 aliphatic heterocycles. The molecule has 33 heavy (non-hydrogen) atoms. The van der Waals surface area contributed by atoms with Crippen molar-refractivity contribution in [2.75, 3.05) is 11.9 Å². The Bertz CT molecular complexity index is 1340. The molecule has 0 aliphatic rings. The number of ether oxygens (including phenoxy) is 1. The van der Waals surface area contributed by atoms with E-state index in [-0.39, 0.29) is 17.4 Å². The summed E-state index contributed by atoms with van der Waals surface area (Å²) < 4.78 is 6.98. The Hall–Kier alpha value is -3.93. The average molecular weight is 443 g/mol. The van der Waals surface area contributed by atoms with Gasteiger partial charge in [0, 0.05) is 16.5 Å². The Kier molecular flexibility index (Phi) is 6.01. The summed E-state index contributed by atoms with van der Waals surface area (Å²) in [5.41, 5.74) is 3.02. The fraction of sp³-hybridized carbons (Fsp3) is 0.222. The van der Waals surface area contributed by atoms with E-state index in [4.69, 9.17) is 4.74 Å². The van der Waals surface area contributed by atoms with Crippen LogP contribution in [0, 0.1) is 0 Å². The Balaban J connectivity index is 1.46. The highest BCUT2D eigenvalue weighted by Gasteiger charge is 2.16. The van der Waals surface area contributed by atoms with Gasteiger partial charge in [0.05, 0.1) is 11.0 Å². The van der Waals surface area contributed by atoms with Crippen LogP contribution >= 0.6 is 0 Å². The van der Waals surface area contributed by atoms with Gasteiger partial charge in [-0.15, -0.1) is 0 Å². The van der Waals surface area contributed by atoms with Crippen molar-refractivity contribution in [1.29, 1.82) is 0 Å². The van der Waals surface area contributed by atoms with Crippen molar-refractivity contribution in [3.8, 4) is 0 Å². The second-order valence-corrected chi connectivity index (χ2v) is 8.99. The molecule has 0 aliphatic carbocycles. The predicted molar refractivity (Wildman–Crippen MR) is 130 cm³/mol. The number of nitrogens with zero attached hydrogens (tertiary/aromatic N) is 1. The summed E-state index contributed by atoms with van der Waals surface area (Å²) in [4.78, 5) is 37.7. The van der Waals surface area contributed by atoms with Crippen molar-refractivity contribution in [3.05, 3.63) is 88.6 Å². The Labute approximate surface area is 191 Å². The van der Waals surface area contributed by atoms with Crippen LogP contribution in [0.1, 0.15) is 26.3 Å². The third-order valence-electron chi connectivity index (χ3n) is 5.57. The summed E-state index contributed by atoms with van der Waals surface area (Å²) in [7, 11) is 0. The van der Waals surface area contributed by atoms with E-state index in [0.29, 0.717) is 27.5 Å². The van der Waals surface area contributed by atoms with Gasteiger partial charge in [-0.3, -0.25) is 14.4 Å². The number of nitrogens with one attached hydrogen (secondary N) is 1. The molecule has 0 radical (unpaired) electrons. The summed E-state index contributed by atoms with van der Waals surface area (Å²) in [5, 5.41) is 3.80. The molecular weight excluding hydrogens is 416 g/mol. The molecule has 4 rings (SSSR count). The molecule has 0 bridgehead atoms. The molecule has 1 heterocycles. The van der Waals surface area contributed by atoms with E-state index in [0.717, 1.165) is 5.56 Å². The number of hydrogen-bond donors (Lipinski definition) is 1. The molecule has 0 fully saturated rings. The van der Waals surface area contributed by atoms with E-state index in [9.17, 15) is 14.4 Å². The number of esters is 1. The van der Waals surface area contributed by atoms with Crippen molar-refractivity contribution in [1.82, 2.24) is 4.57 Å². The van der Waals surface area contributed by atoms with Gasteiger partial charge in [-0.05, 0) is 47.4 Å². The van der Waals surface area contributed by atoms with Gasteiger partial charge in [-0.1, -0.05) is 57.2 Å². The van der Waals surface area contributed by atoms with Gasteiger partial charge >= 0.3 is 5.97 Å². The third-order valence-corrected chi connectivity index (χ3v) is 5.57. The molecule has 1 amide bonds. The fourth-order valence-electron chi connectivity index (χ4n) is 3.82. The Morgan fingerprint density at radius 1 is 0.848 bits per heavy atom. The molecular formula is C27H26N2O4. The first-order valence-corrected chi connectivity index (χ1v) is 10.8. The van der Waals surface area contributed by atoms with Gasteiger partial charge in [0.2, 0.25) is 0 Å². The molecule has 168 valence electrons. The fourth-order valence-corrected chi connectivity index (χ4v) is 3.82. The first kappa shape index (κ1) is 22.3. The normalized spacial score (nSPS) is 11.5. The smallest absolute Gasteiger partial charge is 0.326 e. The van der Waals surface area contributed by atoms with E-state index >= 15 is 0 Å². The number of aromatic nitrogens is 1. The lowest BCUT2D eigenvalue weighted by molar-refractivity contribution is -0.147. The monoisotopic (exact) mass is 442 g/mol. The molecule has 0 unspecified atom stereocenters. The van der Waals surface area contributed by atoms with Crippen molar-refractivity contribution < 1.29 is 14.3 Å². The largest absolute Gasteiger partial charge is 0.454 e. The lowest BCUT2D eigenvalue weighted by Crippen LogP contribution is -2.24. The number of amides is 1. The first-order chi connectivity index (χ1) is 15.7. The highest BCUT2D eigenvalue weighted by atomic mass is 16.5. The zero-order valence-electron chi connectivity index (χ0n) is 18.9. The van der Waals surface area contributed by atoms with Gasteiger partial charge in [-0.25, -0.2) is 0 Å². The number of carbonyl (C=O) groups is 2. The first-order valence-electron chi connectivity index (χ1n) is 10.8. The topological polar surface area (TPSA) is 77.4 Å². The van der Waals surface area contributed by atoms with Crippen molar-refractivity contribution >= 4 is 39.4 Å². The van der Waals surface area contributed by atoms with E-state index in [2.05, 4.69) is 26.1 Å². The molecule has 6 nitrogen and oxygen atoms in total. The zero-order chi connectivity index (χ0) is 23.6. The number of pyridine rings is 1. The van der Waals surface area contributed by atoms with Crippen LogP contribution in [0.25, 0.3) is 21.8 Å². The number of fused-ring (bicyclic) bond motifs is 2. The van der Waals surface area contributed by atoms with Crippen LogP contribution in [-0.4, -0.2) is 23.1 Å². The average Bonchev–Trinajstić information content (AvgIpc) is 2.80. The summed E-state index contributed by atoms with van der Waals surface area (Å²) in [5.74, 6) is -0.978. The molecule has 4 aromatic rings. The van der Waals surface area contributed by atoms with Gasteiger partial charge in [0.15, 0.2) is 12.0 Å². The lowest BCUT2D eigenvalue weighted by atomic mass is 9.87. The van der Waals surface area contributed by atoms with Crippen LogP contribution in [0.4, 0.5) is 5.69 Å². The van der Waals surface area contributed by atoms with Gasteiger partial charge in [-0.2, -0.15) is 0 Å². The number of para-hydroxylation sites is 2.